The van der Waals surface area contributed by atoms with Gasteiger partial charge in [-0.15, -0.1) is 0 Å². The van der Waals surface area contributed by atoms with Gasteiger partial charge in [0.25, 0.3) is 0 Å². The van der Waals surface area contributed by atoms with Gasteiger partial charge >= 0.3 is 0 Å². The van der Waals surface area contributed by atoms with E-state index < -0.39 is 0 Å². The largest absolute Gasteiger partial charge is 0.330 e. The molecule has 1 aromatic rings. The molecule has 0 fully saturated rings. The second-order valence-corrected chi connectivity index (χ2v) is 4.82. The molecule has 1 rings (SSSR count). The Morgan fingerprint density at radius 3 is 2.93 bits per heavy atom. The molecule has 1 N–H and O–H groups in total. The minimum Gasteiger partial charge on any atom is -0.330 e. The van der Waals surface area contributed by atoms with E-state index in [0.29, 0.717) is 0 Å². The van der Waals surface area contributed by atoms with Gasteiger partial charge in [0.05, 0.1) is 5.69 Å². The number of hydrogen-bond acceptors (Lipinski definition) is 3. The summed E-state index contributed by atoms with van der Waals surface area (Å²) in [5, 5.41) is 3.34. The minimum atomic E-state index is 0.925. The van der Waals surface area contributed by atoms with E-state index in [1.54, 1.807) is 0 Å². The Kier molecular flexibility index (Phi) is 5.79. The normalized spacial score (nSPS) is 10.9. The van der Waals surface area contributed by atoms with E-state index in [1.165, 1.54) is 17.2 Å². The highest BCUT2D eigenvalue weighted by molar-refractivity contribution is 7.99. The van der Waals surface area contributed by atoms with Crippen LogP contribution < -0.4 is 5.32 Å². The van der Waals surface area contributed by atoms with Crippen LogP contribution >= 0.6 is 11.8 Å². The molecular formula is C11H21N3S. The van der Waals surface area contributed by atoms with E-state index in [-0.39, 0.29) is 0 Å². The maximum absolute atomic E-state index is 4.36. The molecule has 0 aliphatic carbocycles. The molecule has 0 saturated carbocycles. The number of nitrogens with zero attached hydrogens (tertiary/aromatic N) is 2. The van der Waals surface area contributed by atoms with Crippen LogP contribution in [0.3, 0.4) is 0 Å². The molecule has 1 heterocycles. The van der Waals surface area contributed by atoms with E-state index in [2.05, 4.69) is 35.6 Å². The van der Waals surface area contributed by atoms with Crippen molar-refractivity contribution < 1.29 is 0 Å². The van der Waals surface area contributed by atoms with E-state index in [1.807, 2.05) is 18.0 Å². The monoisotopic (exact) mass is 227 g/mol. The molecule has 0 radical (unpaired) electrons. The predicted octanol–water partition coefficient (Wildman–Crippen LogP) is 2.05. The molecule has 0 spiro atoms. The Balaban J connectivity index is 2.54. The number of aryl methyl sites for hydroxylation is 1. The zero-order chi connectivity index (χ0) is 11.1. The quantitative estimate of drug-likeness (QED) is 0.723. The van der Waals surface area contributed by atoms with Gasteiger partial charge in [-0.05, 0) is 19.2 Å². The molecule has 0 aliphatic rings. The Hall–Kier alpha value is -0.480. The van der Waals surface area contributed by atoms with E-state index in [0.717, 1.165) is 25.5 Å². The smallest absolute Gasteiger partial charge is 0.105 e. The molecule has 0 aromatic carbocycles. The van der Waals surface area contributed by atoms with Crippen LogP contribution in [0, 0.1) is 6.92 Å². The molecule has 15 heavy (non-hydrogen) atoms. The van der Waals surface area contributed by atoms with Crippen LogP contribution in [0.4, 0.5) is 0 Å². The van der Waals surface area contributed by atoms with Crippen LogP contribution in [0.25, 0.3) is 0 Å². The summed E-state index contributed by atoms with van der Waals surface area (Å²) in [4.78, 5) is 4.36. The van der Waals surface area contributed by atoms with Crippen molar-refractivity contribution >= 4 is 11.8 Å². The summed E-state index contributed by atoms with van der Waals surface area (Å²) in [5.41, 5.74) is 1.30. The molecule has 0 amide bonds. The maximum Gasteiger partial charge on any atom is 0.105 e. The Morgan fingerprint density at radius 2 is 2.27 bits per heavy atom. The average Bonchev–Trinajstić information content (AvgIpc) is 2.58. The molecule has 0 atom stereocenters. The number of imidazole rings is 1. The van der Waals surface area contributed by atoms with Crippen molar-refractivity contribution in [1.82, 2.24) is 14.9 Å². The molecular weight excluding hydrogens is 206 g/mol. The predicted molar refractivity (Wildman–Crippen MR) is 67.3 cm³/mol. The number of thioether (sulfide) groups is 1. The van der Waals surface area contributed by atoms with Gasteiger partial charge in [0.15, 0.2) is 0 Å². The molecule has 0 aliphatic heterocycles. The summed E-state index contributed by atoms with van der Waals surface area (Å²) in [7, 11) is 0. The van der Waals surface area contributed by atoms with E-state index in [9.17, 15) is 0 Å². The maximum atomic E-state index is 4.36. The first-order valence-corrected chi connectivity index (χ1v) is 6.74. The molecule has 0 saturated heterocycles. The first-order valence-electron chi connectivity index (χ1n) is 5.59. The van der Waals surface area contributed by atoms with Crippen LogP contribution in [0.15, 0.2) is 6.20 Å². The lowest BCUT2D eigenvalue weighted by molar-refractivity contribution is 0.637. The lowest BCUT2D eigenvalue weighted by Crippen LogP contribution is -2.16. The summed E-state index contributed by atoms with van der Waals surface area (Å²) < 4.78 is 2.31. The molecule has 1 aromatic heterocycles. The topological polar surface area (TPSA) is 29.9 Å². The molecule has 3 nitrogen and oxygen atoms in total. The lowest BCUT2D eigenvalue weighted by atomic mass is 10.4. The summed E-state index contributed by atoms with van der Waals surface area (Å²) in [5.74, 6) is 3.49. The van der Waals surface area contributed by atoms with Crippen molar-refractivity contribution in [1.29, 1.82) is 0 Å². The van der Waals surface area contributed by atoms with Crippen molar-refractivity contribution in [3.8, 4) is 0 Å². The van der Waals surface area contributed by atoms with Gasteiger partial charge in [-0.25, -0.2) is 4.98 Å². The highest BCUT2D eigenvalue weighted by Crippen LogP contribution is 2.07. The summed E-state index contributed by atoms with van der Waals surface area (Å²) in [6, 6.07) is 0. The van der Waals surface area contributed by atoms with Crippen molar-refractivity contribution in [3.63, 3.8) is 0 Å². The zero-order valence-corrected chi connectivity index (χ0v) is 10.7. The molecule has 0 bridgehead atoms. The van der Waals surface area contributed by atoms with Gasteiger partial charge in [-0.3, -0.25) is 0 Å². The molecule has 0 unspecified atom stereocenters. The summed E-state index contributed by atoms with van der Waals surface area (Å²) in [6.45, 7) is 9.41. The first-order chi connectivity index (χ1) is 7.29. The fraction of sp³-hybridized carbons (Fsp3) is 0.727. The zero-order valence-electron chi connectivity index (χ0n) is 9.92. The number of aromatic nitrogens is 2. The highest BCUT2D eigenvalue weighted by Gasteiger charge is 2.05. The van der Waals surface area contributed by atoms with Crippen LogP contribution in [0.5, 0.6) is 0 Å². The second-order valence-electron chi connectivity index (χ2n) is 3.43. The van der Waals surface area contributed by atoms with Crippen LogP contribution in [-0.4, -0.2) is 27.6 Å². The van der Waals surface area contributed by atoms with Crippen LogP contribution in [-0.2, 0) is 13.1 Å². The summed E-state index contributed by atoms with van der Waals surface area (Å²) in [6.07, 6.45) is 1.98. The van der Waals surface area contributed by atoms with Crippen molar-refractivity contribution in [3.05, 3.63) is 17.7 Å². The van der Waals surface area contributed by atoms with Gasteiger partial charge in [-0.1, -0.05) is 13.8 Å². The van der Waals surface area contributed by atoms with Crippen molar-refractivity contribution in [2.24, 2.45) is 0 Å². The van der Waals surface area contributed by atoms with Gasteiger partial charge < -0.3 is 9.88 Å². The lowest BCUT2D eigenvalue weighted by Gasteiger charge is -2.09. The third kappa shape index (κ3) is 3.87. The molecule has 4 heteroatoms. The van der Waals surface area contributed by atoms with E-state index >= 15 is 0 Å². The minimum absolute atomic E-state index is 0.925. The third-order valence-corrected chi connectivity index (χ3v) is 3.24. The number of hydrogen-bond donors (Lipinski definition) is 1. The van der Waals surface area contributed by atoms with Gasteiger partial charge in [0.2, 0.25) is 0 Å². The van der Waals surface area contributed by atoms with Gasteiger partial charge in [0.1, 0.15) is 5.82 Å². The second kappa shape index (κ2) is 6.90. The number of nitrogens with one attached hydrogen (secondary N) is 1. The number of rotatable bonds is 7. The average molecular weight is 227 g/mol. The van der Waals surface area contributed by atoms with E-state index in [4.69, 9.17) is 0 Å². The standard InChI is InChI=1S/C11H21N3S/c1-4-12-8-11-9-13-10(3)14(11)6-7-15-5-2/h9,12H,4-8H2,1-3H3. The van der Waals surface area contributed by atoms with Crippen LogP contribution in [0.1, 0.15) is 25.4 Å². The van der Waals surface area contributed by atoms with Gasteiger partial charge in [-0.2, -0.15) is 11.8 Å². The Labute approximate surface area is 96.7 Å². The first kappa shape index (κ1) is 12.6. The van der Waals surface area contributed by atoms with Crippen molar-refractivity contribution in [2.75, 3.05) is 18.1 Å². The molecule has 86 valence electrons. The van der Waals surface area contributed by atoms with Crippen LogP contribution in [0.2, 0.25) is 0 Å². The highest BCUT2D eigenvalue weighted by atomic mass is 32.2. The summed E-state index contributed by atoms with van der Waals surface area (Å²) >= 11 is 1.98. The fourth-order valence-electron chi connectivity index (χ4n) is 1.51. The Morgan fingerprint density at radius 1 is 1.47 bits per heavy atom. The SMILES string of the molecule is CCNCc1cnc(C)n1CCSCC. The van der Waals surface area contributed by atoms with Crippen molar-refractivity contribution in [2.45, 2.75) is 33.9 Å². The fourth-order valence-corrected chi connectivity index (χ4v) is 2.12. The third-order valence-electron chi connectivity index (χ3n) is 2.36. The van der Waals surface area contributed by atoms with Gasteiger partial charge in [0, 0.05) is 25.0 Å². The Bertz CT molecular complexity index is 283.